The fraction of sp³-hybridized carbons (Fsp3) is 0.381. The van der Waals surface area contributed by atoms with E-state index in [1.165, 1.54) is 24.1 Å². The predicted octanol–water partition coefficient (Wildman–Crippen LogP) is 4.96. The fourth-order valence-corrected chi connectivity index (χ4v) is 3.84. The third-order valence-corrected chi connectivity index (χ3v) is 5.38. The number of hydrogen-bond donors (Lipinski definition) is 0. The fourth-order valence-electron chi connectivity index (χ4n) is 3.84. The maximum Gasteiger partial charge on any atom is 0.126 e. The van der Waals surface area contributed by atoms with Crippen LogP contribution < -0.4 is 4.90 Å². The lowest BCUT2D eigenvalue weighted by Gasteiger charge is -2.34. The zero-order chi connectivity index (χ0) is 16.5. The van der Waals surface area contributed by atoms with Crippen LogP contribution in [-0.2, 0) is 0 Å². The smallest absolute Gasteiger partial charge is 0.126 e. The molecule has 0 spiro atoms. The van der Waals surface area contributed by atoms with E-state index in [0.29, 0.717) is 11.8 Å². The van der Waals surface area contributed by atoms with E-state index in [1.54, 1.807) is 12.1 Å². The molecular formula is C21H21FN2. The Bertz CT molecular complexity index is 781. The summed E-state index contributed by atoms with van der Waals surface area (Å²) >= 11 is 0. The highest BCUT2D eigenvalue weighted by Gasteiger charge is 2.28. The molecule has 3 heteroatoms. The van der Waals surface area contributed by atoms with E-state index in [9.17, 15) is 9.65 Å². The topological polar surface area (TPSA) is 27.0 Å². The summed E-state index contributed by atoms with van der Waals surface area (Å²) < 4.78 is 14.0. The average Bonchev–Trinajstić information content (AvgIpc) is 3.47. The van der Waals surface area contributed by atoms with Gasteiger partial charge in [-0.25, -0.2) is 4.39 Å². The molecule has 2 aromatic carbocycles. The highest BCUT2D eigenvalue weighted by atomic mass is 19.1. The van der Waals surface area contributed by atoms with E-state index in [0.717, 1.165) is 37.1 Å². The third kappa shape index (κ3) is 2.89. The van der Waals surface area contributed by atoms with Crippen molar-refractivity contribution in [2.75, 3.05) is 18.0 Å². The van der Waals surface area contributed by atoms with Crippen LogP contribution in [0.5, 0.6) is 0 Å². The van der Waals surface area contributed by atoms with Gasteiger partial charge in [0.1, 0.15) is 5.82 Å². The Labute approximate surface area is 142 Å². The zero-order valence-electron chi connectivity index (χ0n) is 13.7. The van der Waals surface area contributed by atoms with Gasteiger partial charge in [0.15, 0.2) is 0 Å². The van der Waals surface area contributed by atoms with E-state index in [-0.39, 0.29) is 5.82 Å². The van der Waals surface area contributed by atoms with Gasteiger partial charge in [-0.15, -0.1) is 0 Å². The molecule has 4 rings (SSSR count). The van der Waals surface area contributed by atoms with Crippen LogP contribution in [0.3, 0.4) is 0 Å². The van der Waals surface area contributed by atoms with Crippen molar-refractivity contribution in [2.45, 2.75) is 37.5 Å². The van der Waals surface area contributed by atoms with Crippen molar-refractivity contribution < 1.29 is 4.39 Å². The molecule has 1 saturated carbocycles. The van der Waals surface area contributed by atoms with Gasteiger partial charge < -0.3 is 4.90 Å². The molecule has 2 aliphatic rings. The van der Waals surface area contributed by atoms with Gasteiger partial charge >= 0.3 is 0 Å². The second kappa shape index (κ2) is 6.28. The molecule has 0 unspecified atom stereocenters. The number of benzene rings is 2. The normalized spacial score (nSPS) is 18.4. The summed E-state index contributed by atoms with van der Waals surface area (Å²) in [5.41, 5.74) is 4.10. The number of hydrogen-bond acceptors (Lipinski definition) is 2. The molecule has 1 heterocycles. The van der Waals surface area contributed by atoms with Crippen molar-refractivity contribution in [3.8, 4) is 6.07 Å². The quantitative estimate of drug-likeness (QED) is 0.799. The molecule has 0 atom stereocenters. The van der Waals surface area contributed by atoms with Crippen LogP contribution >= 0.6 is 0 Å². The van der Waals surface area contributed by atoms with Crippen molar-refractivity contribution >= 4 is 5.69 Å². The van der Waals surface area contributed by atoms with Gasteiger partial charge in [-0.3, -0.25) is 0 Å². The molecule has 1 aliphatic heterocycles. The van der Waals surface area contributed by atoms with Gasteiger partial charge in [0, 0.05) is 18.8 Å². The molecule has 122 valence electrons. The number of piperidine rings is 1. The summed E-state index contributed by atoms with van der Waals surface area (Å²) in [6.07, 6.45) is 4.35. The monoisotopic (exact) mass is 320 g/mol. The molecule has 0 amide bonds. The second-order valence-electron chi connectivity index (χ2n) is 6.94. The number of anilines is 1. The van der Waals surface area contributed by atoms with Gasteiger partial charge in [-0.2, -0.15) is 5.26 Å². The maximum atomic E-state index is 14.0. The zero-order valence-corrected chi connectivity index (χ0v) is 13.7. The van der Waals surface area contributed by atoms with E-state index < -0.39 is 0 Å². The Morgan fingerprint density at radius 2 is 1.62 bits per heavy atom. The van der Waals surface area contributed by atoms with Crippen molar-refractivity contribution in [2.24, 2.45) is 0 Å². The van der Waals surface area contributed by atoms with E-state index in [4.69, 9.17) is 0 Å². The number of rotatable bonds is 3. The standard InChI is InChI=1S/C21H21FN2/c22-21-4-2-1-3-19(21)16-9-11-24(12-10-16)18-8-7-17(14-23)20(13-18)15-5-6-15/h1-4,7-8,13,15-16H,5-6,9-12H2. The molecule has 0 N–H and O–H groups in total. The van der Waals surface area contributed by atoms with Crippen LogP contribution in [0.1, 0.15) is 54.2 Å². The molecule has 0 radical (unpaired) electrons. The molecule has 2 fully saturated rings. The van der Waals surface area contributed by atoms with Gasteiger partial charge in [-0.1, -0.05) is 18.2 Å². The van der Waals surface area contributed by atoms with Crippen molar-refractivity contribution in [1.29, 1.82) is 5.26 Å². The van der Waals surface area contributed by atoms with Gasteiger partial charge in [-0.05, 0) is 72.9 Å². The Kier molecular flexibility index (Phi) is 3.98. The number of nitriles is 1. The van der Waals surface area contributed by atoms with Crippen LogP contribution in [0.2, 0.25) is 0 Å². The molecule has 0 bridgehead atoms. The first-order chi connectivity index (χ1) is 11.8. The molecule has 24 heavy (non-hydrogen) atoms. The summed E-state index contributed by atoms with van der Waals surface area (Å²) in [4.78, 5) is 2.38. The summed E-state index contributed by atoms with van der Waals surface area (Å²) in [6, 6.07) is 15.7. The van der Waals surface area contributed by atoms with E-state index in [2.05, 4.69) is 23.1 Å². The first-order valence-electron chi connectivity index (χ1n) is 8.79. The Hall–Kier alpha value is -2.34. The average molecular weight is 320 g/mol. The first-order valence-corrected chi connectivity index (χ1v) is 8.79. The van der Waals surface area contributed by atoms with Crippen molar-refractivity contribution in [3.05, 3.63) is 65.0 Å². The number of halogens is 1. The SMILES string of the molecule is N#Cc1ccc(N2CCC(c3ccccc3F)CC2)cc1C1CC1. The Morgan fingerprint density at radius 1 is 0.917 bits per heavy atom. The minimum atomic E-state index is -0.0784. The lowest BCUT2D eigenvalue weighted by Crippen LogP contribution is -2.33. The lowest BCUT2D eigenvalue weighted by atomic mass is 9.88. The van der Waals surface area contributed by atoms with Gasteiger partial charge in [0.05, 0.1) is 11.6 Å². The van der Waals surface area contributed by atoms with E-state index >= 15 is 0 Å². The first kappa shape index (κ1) is 15.2. The summed E-state index contributed by atoms with van der Waals surface area (Å²) in [5.74, 6) is 0.810. The summed E-state index contributed by atoms with van der Waals surface area (Å²) in [6.45, 7) is 1.88. The molecule has 2 aromatic rings. The minimum Gasteiger partial charge on any atom is -0.371 e. The third-order valence-electron chi connectivity index (χ3n) is 5.38. The number of nitrogens with zero attached hydrogens (tertiary/aromatic N) is 2. The van der Waals surface area contributed by atoms with Crippen molar-refractivity contribution in [3.63, 3.8) is 0 Å². The van der Waals surface area contributed by atoms with Crippen LogP contribution in [0, 0.1) is 17.1 Å². The largest absolute Gasteiger partial charge is 0.371 e. The molecular weight excluding hydrogens is 299 g/mol. The summed E-state index contributed by atoms with van der Waals surface area (Å²) in [5, 5.41) is 9.28. The Morgan fingerprint density at radius 3 is 2.29 bits per heavy atom. The van der Waals surface area contributed by atoms with Crippen LogP contribution in [0.25, 0.3) is 0 Å². The van der Waals surface area contributed by atoms with Crippen LogP contribution in [0.15, 0.2) is 42.5 Å². The Balaban J connectivity index is 1.49. The molecule has 0 aromatic heterocycles. The maximum absolute atomic E-state index is 14.0. The van der Waals surface area contributed by atoms with Crippen LogP contribution in [0.4, 0.5) is 10.1 Å². The minimum absolute atomic E-state index is 0.0784. The molecule has 1 aliphatic carbocycles. The second-order valence-corrected chi connectivity index (χ2v) is 6.94. The van der Waals surface area contributed by atoms with Crippen LogP contribution in [-0.4, -0.2) is 13.1 Å². The highest BCUT2D eigenvalue weighted by molar-refractivity contribution is 5.56. The summed E-state index contributed by atoms with van der Waals surface area (Å²) in [7, 11) is 0. The lowest BCUT2D eigenvalue weighted by molar-refractivity contribution is 0.482. The molecule has 1 saturated heterocycles. The van der Waals surface area contributed by atoms with Crippen molar-refractivity contribution in [1.82, 2.24) is 0 Å². The van der Waals surface area contributed by atoms with E-state index in [1.807, 2.05) is 18.2 Å². The predicted molar refractivity (Wildman–Crippen MR) is 93.7 cm³/mol. The highest BCUT2D eigenvalue weighted by Crippen LogP contribution is 2.43. The van der Waals surface area contributed by atoms with Gasteiger partial charge in [0.25, 0.3) is 0 Å². The molecule has 2 nitrogen and oxygen atoms in total. The van der Waals surface area contributed by atoms with Gasteiger partial charge in [0.2, 0.25) is 0 Å².